The van der Waals surface area contributed by atoms with Gasteiger partial charge in [0.2, 0.25) is 0 Å². The van der Waals surface area contributed by atoms with Gasteiger partial charge in [-0.05, 0) is 36.8 Å². The summed E-state index contributed by atoms with van der Waals surface area (Å²) in [5, 5.41) is 14.8. The maximum atomic E-state index is 12.0. The number of nitro groups is 1. The Morgan fingerprint density at radius 3 is 2.33 bits per heavy atom. The maximum Gasteiger partial charge on any atom is 0.342 e. The van der Waals surface area contributed by atoms with E-state index in [2.05, 4.69) is 5.16 Å². The van der Waals surface area contributed by atoms with Gasteiger partial charge in [-0.3, -0.25) is 10.1 Å². The molecule has 0 spiro atoms. The molecule has 0 heterocycles. The molecular formula is C16H14ClN3O4. The number of carbonyl (C=O) groups excluding carboxylic acids is 1. The van der Waals surface area contributed by atoms with Crippen molar-refractivity contribution in [1.29, 1.82) is 0 Å². The van der Waals surface area contributed by atoms with E-state index in [1.165, 1.54) is 24.3 Å². The van der Waals surface area contributed by atoms with E-state index in [1.54, 1.807) is 31.2 Å². The first kappa shape index (κ1) is 17.4. The molecule has 0 fully saturated rings. The van der Waals surface area contributed by atoms with E-state index in [4.69, 9.17) is 22.2 Å². The second kappa shape index (κ2) is 7.56. The lowest BCUT2D eigenvalue weighted by atomic mass is 10.0. The molecule has 0 amide bonds. The molecule has 0 bridgehead atoms. The van der Waals surface area contributed by atoms with Crippen LogP contribution in [0.1, 0.15) is 24.0 Å². The molecule has 2 rings (SSSR count). The number of nitrogens with two attached hydrogens (primary N) is 1. The molecule has 0 aliphatic carbocycles. The Hall–Kier alpha value is -2.93. The number of non-ortho nitro benzene ring substituents is 1. The molecule has 0 aliphatic heterocycles. The summed E-state index contributed by atoms with van der Waals surface area (Å²) in [6, 6.07) is 12.2. The van der Waals surface area contributed by atoms with Gasteiger partial charge >= 0.3 is 5.97 Å². The van der Waals surface area contributed by atoms with Crippen LogP contribution < -0.4 is 5.73 Å². The number of nitrogens with zero attached hydrogens (tertiary/aromatic N) is 2. The van der Waals surface area contributed by atoms with Crippen molar-refractivity contribution >= 4 is 29.1 Å². The number of oxime groups is 1. The van der Waals surface area contributed by atoms with Crippen molar-refractivity contribution in [2.24, 2.45) is 10.9 Å². The van der Waals surface area contributed by atoms with Gasteiger partial charge in [0.05, 0.1) is 10.8 Å². The van der Waals surface area contributed by atoms with Gasteiger partial charge in [0, 0.05) is 22.7 Å². The third-order valence-electron chi connectivity index (χ3n) is 3.33. The molecule has 124 valence electrons. The minimum absolute atomic E-state index is 0.0379. The summed E-state index contributed by atoms with van der Waals surface area (Å²) in [7, 11) is 0. The highest BCUT2D eigenvalue weighted by atomic mass is 35.5. The molecule has 0 unspecified atom stereocenters. The second-order valence-electron chi connectivity index (χ2n) is 4.96. The van der Waals surface area contributed by atoms with Crippen LogP contribution in [-0.2, 0) is 9.63 Å². The van der Waals surface area contributed by atoms with Crippen molar-refractivity contribution < 1.29 is 14.6 Å². The smallest absolute Gasteiger partial charge is 0.342 e. The van der Waals surface area contributed by atoms with E-state index < -0.39 is 16.8 Å². The zero-order valence-corrected chi connectivity index (χ0v) is 13.4. The first-order chi connectivity index (χ1) is 11.4. The highest BCUT2D eigenvalue weighted by Crippen LogP contribution is 2.20. The highest BCUT2D eigenvalue weighted by Gasteiger charge is 2.18. The number of nitro benzene ring substituents is 1. The molecule has 1 atom stereocenters. The van der Waals surface area contributed by atoms with Crippen LogP contribution in [0.3, 0.4) is 0 Å². The third-order valence-corrected chi connectivity index (χ3v) is 3.58. The summed E-state index contributed by atoms with van der Waals surface area (Å²) in [4.78, 5) is 27.0. The summed E-state index contributed by atoms with van der Waals surface area (Å²) in [6.45, 7) is 1.61. The maximum absolute atomic E-state index is 12.0. The summed E-state index contributed by atoms with van der Waals surface area (Å²) >= 11 is 5.78. The normalized spacial score (nSPS) is 12.5. The predicted octanol–water partition coefficient (Wildman–Crippen LogP) is 3.22. The molecule has 2 aromatic carbocycles. The molecule has 0 aromatic heterocycles. The summed E-state index contributed by atoms with van der Waals surface area (Å²) < 4.78 is 0. The second-order valence-corrected chi connectivity index (χ2v) is 5.40. The van der Waals surface area contributed by atoms with E-state index in [0.29, 0.717) is 16.1 Å². The first-order valence-electron chi connectivity index (χ1n) is 6.93. The third kappa shape index (κ3) is 4.30. The van der Waals surface area contributed by atoms with Gasteiger partial charge in [-0.2, -0.15) is 0 Å². The SMILES string of the molecule is C[C@@H](C(=O)O/N=C(/N)c1ccc(Cl)cc1)c1ccc([N+](=O)[O-])cc1. The van der Waals surface area contributed by atoms with E-state index in [9.17, 15) is 14.9 Å². The summed E-state index contributed by atoms with van der Waals surface area (Å²) in [5.74, 6) is -1.23. The van der Waals surface area contributed by atoms with Crippen LogP contribution in [0.15, 0.2) is 53.7 Å². The van der Waals surface area contributed by atoms with Gasteiger partial charge in [-0.25, -0.2) is 4.79 Å². The Morgan fingerprint density at radius 1 is 1.21 bits per heavy atom. The molecule has 8 heteroatoms. The molecule has 2 N–H and O–H groups in total. The van der Waals surface area contributed by atoms with Gasteiger partial charge in [-0.1, -0.05) is 28.9 Å². The van der Waals surface area contributed by atoms with E-state index in [0.717, 1.165) is 0 Å². The zero-order valence-electron chi connectivity index (χ0n) is 12.7. The van der Waals surface area contributed by atoms with Crippen molar-refractivity contribution in [3.05, 3.63) is 74.8 Å². The molecule has 0 saturated carbocycles. The fourth-order valence-corrected chi connectivity index (χ4v) is 1.99. The Labute approximate surface area is 142 Å². The monoisotopic (exact) mass is 347 g/mol. The van der Waals surface area contributed by atoms with Gasteiger partial charge in [0.15, 0.2) is 5.84 Å². The topological polar surface area (TPSA) is 108 Å². The number of hydrogen-bond donors (Lipinski definition) is 1. The van der Waals surface area contributed by atoms with Crippen LogP contribution >= 0.6 is 11.6 Å². The van der Waals surface area contributed by atoms with Crippen molar-refractivity contribution in [1.82, 2.24) is 0 Å². The largest absolute Gasteiger partial charge is 0.380 e. The molecule has 0 radical (unpaired) electrons. The minimum atomic E-state index is -0.646. The Balaban J connectivity index is 2.04. The van der Waals surface area contributed by atoms with Crippen molar-refractivity contribution in [2.75, 3.05) is 0 Å². The first-order valence-corrected chi connectivity index (χ1v) is 7.31. The van der Waals surface area contributed by atoms with Crippen molar-refractivity contribution in [3.63, 3.8) is 0 Å². The lowest BCUT2D eigenvalue weighted by Gasteiger charge is -2.08. The number of amidine groups is 1. The lowest BCUT2D eigenvalue weighted by Crippen LogP contribution is -2.17. The molecule has 0 saturated heterocycles. The van der Waals surface area contributed by atoms with Crippen LogP contribution in [0.5, 0.6) is 0 Å². The number of hydrogen-bond acceptors (Lipinski definition) is 5. The van der Waals surface area contributed by atoms with E-state index in [-0.39, 0.29) is 11.5 Å². The molecule has 7 nitrogen and oxygen atoms in total. The van der Waals surface area contributed by atoms with Crippen LogP contribution in [0.25, 0.3) is 0 Å². The molecule has 24 heavy (non-hydrogen) atoms. The Morgan fingerprint density at radius 2 is 1.79 bits per heavy atom. The number of halogens is 1. The fraction of sp³-hybridized carbons (Fsp3) is 0.125. The predicted molar refractivity (Wildman–Crippen MR) is 89.8 cm³/mol. The van der Waals surface area contributed by atoms with Gasteiger partial charge in [0.25, 0.3) is 5.69 Å². The number of carbonyl (C=O) groups is 1. The minimum Gasteiger partial charge on any atom is -0.380 e. The summed E-state index contributed by atoms with van der Waals surface area (Å²) in [6.07, 6.45) is 0. The van der Waals surface area contributed by atoms with Crippen molar-refractivity contribution in [3.8, 4) is 0 Å². The van der Waals surface area contributed by atoms with Crippen LogP contribution in [-0.4, -0.2) is 16.7 Å². The van der Waals surface area contributed by atoms with Crippen LogP contribution in [0.2, 0.25) is 5.02 Å². The molecular weight excluding hydrogens is 334 g/mol. The Bertz CT molecular complexity index is 773. The van der Waals surface area contributed by atoms with Gasteiger partial charge < -0.3 is 10.6 Å². The Kier molecular flexibility index (Phi) is 5.49. The van der Waals surface area contributed by atoms with Crippen LogP contribution in [0.4, 0.5) is 5.69 Å². The molecule has 2 aromatic rings. The van der Waals surface area contributed by atoms with Gasteiger partial charge in [0.1, 0.15) is 0 Å². The zero-order chi connectivity index (χ0) is 17.7. The molecule has 0 aliphatic rings. The average Bonchev–Trinajstić information content (AvgIpc) is 2.59. The van der Waals surface area contributed by atoms with Crippen LogP contribution in [0, 0.1) is 10.1 Å². The summed E-state index contributed by atoms with van der Waals surface area (Å²) in [5.41, 5.74) is 6.83. The standard InChI is InChI=1S/C16H14ClN3O4/c1-10(11-4-8-14(9-5-11)20(22)23)16(21)24-19-15(18)12-2-6-13(17)7-3-12/h2-10H,1H3,(H2,18,19)/t10-/m1/s1. The van der Waals surface area contributed by atoms with Crippen molar-refractivity contribution in [2.45, 2.75) is 12.8 Å². The number of benzene rings is 2. The highest BCUT2D eigenvalue weighted by molar-refractivity contribution is 6.30. The quantitative estimate of drug-likeness (QED) is 0.294. The number of rotatable bonds is 5. The van der Waals surface area contributed by atoms with Gasteiger partial charge in [-0.15, -0.1) is 0 Å². The average molecular weight is 348 g/mol. The lowest BCUT2D eigenvalue weighted by molar-refractivity contribution is -0.384. The fourth-order valence-electron chi connectivity index (χ4n) is 1.87. The van der Waals surface area contributed by atoms with E-state index in [1.807, 2.05) is 0 Å². The van der Waals surface area contributed by atoms with E-state index >= 15 is 0 Å².